The first kappa shape index (κ1) is 42.3. The predicted octanol–water partition coefficient (Wildman–Crippen LogP) is 2.38. The zero-order valence-electron chi connectivity index (χ0n) is 34.8. The summed E-state index contributed by atoms with van der Waals surface area (Å²) in [7, 11) is -1.44. The third-order valence-electron chi connectivity index (χ3n) is 12.8. The number of halogens is 2. The van der Waals surface area contributed by atoms with E-state index in [1.54, 1.807) is 30.1 Å². The normalized spacial score (nSPS) is 22.3. The summed E-state index contributed by atoms with van der Waals surface area (Å²) in [5, 5.41) is 13.4. The van der Waals surface area contributed by atoms with Gasteiger partial charge in [0, 0.05) is 71.7 Å². The molecule has 1 atom stereocenters. The van der Waals surface area contributed by atoms with Crippen LogP contribution in [0, 0.1) is 17.8 Å². The van der Waals surface area contributed by atoms with Crippen molar-refractivity contribution in [3.8, 4) is 11.8 Å². The number of nitrogens with one attached hydrogen (secondary N) is 2. The molecular formula is C42H48F2N12O6S. The zero-order chi connectivity index (χ0) is 44.0. The zero-order valence-corrected chi connectivity index (χ0v) is 35.6. The minimum absolute atomic E-state index is 0.00643. The van der Waals surface area contributed by atoms with E-state index in [-0.39, 0.29) is 72.0 Å². The predicted molar refractivity (Wildman–Crippen MR) is 228 cm³/mol. The quantitative estimate of drug-likeness (QED) is 0.163. The molecular weight excluding hydrogens is 839 g/mol. The Hall–Kier alpha value is -5.98. The summed E-state index contributed by atoms with van der Waals surface area (Å²) in [6.45, 7) is 5.56. The molecule has 18 nitrogen and oxygen atoms in total. The molecule has 1 aromatic carbocycles. The molecule has 9 rings (SSSR count). The van der Waals surface area contributed by atoms with Crippen LogP contribution in [0.5, 0.6) is 0 Å². The van der Waals surface area contributed by atoms with Gasteiger partial charge in [-0.05, 0) is 56.2 Å². The highest BCUT2D eigenvalue weighted by Gasteiger charge is 2.33. The second-order valence-electron chi connectivity index (χ2n) is 16.8. The van der Waals surface area contributed by atoms with E-state index >= 15 is 0 Å². The average Bonchev–Trinajstić information content (AvgIpc) is 3.96. The van der Waals surface area contributed by atoms with Gasteiger partial charge in [0.05, 0.1) is 52.6 Å². The number of amides is 3. The fourth-order valence-electron chi connectivity index (χ4n) is 9.28. The Bertz CT molecular complexity index is 2810. The number of fused-ring (bicyclic) bond motifs is 2. The second-order valence-corrected chi connectivity index (χ2v) is 19.1. The molecule has 63 heavy (non-hydrogen) atoms. The van der Waals surface area contributed by atoms with E-state index < -0.39 is 39.8 Å². The Balaban J connectivity index is 0.769. The molecule has 21 heteroatoms. The van der Waals surface area contributed by atoms with E-state index in [1.807, 2.05) is 17.0 Å². The summed E-state index contributed by atoms with van der Waals surface area (Å²) in [5.41, 5.74) is 1.37. The number of imidazole rings is 1. The molecule has 4 aromatic heterocycles. The molecule has 0 bridgehead atoms. The Morgan fingerprint density at radius 3 is 2.46 bits per heavy atom. The lowest BCUT2D eigenvalue weighted by molar-refractivity contribution is -0.135. The van der Waals surface area contributed by atoms with Crippen LogP contribution in [-0.2, 0) is 26.5 Å². The maximum absolute atomic E-state index is 14.3. The van der Waals surface area contributed by atoms with E-state index in [0.29, 0.717) is 34.9 Å². The lowest BCUT2D eigenvalue weighted by atomic mass is 9.85. The third kappa shape index (κ3) is 8.71. The number of sulfone groups is 1. The molecule has 1 unspecified atom stereocenters. The van der Waals surface area contributed by atoms with Gasteiger partial charge in [-0.1, -0.05) is 17.9 Å². The number of carbonyl (C=O) groups excluding carboxylic acids is 3. The Kier molecular flexibility index (Phi) is 11.6. The van der Waals surface area contributed by atoms with Crippen molar-refractivity contribution in [2.45, 2.75) is 57.0 Å². The molecule has 3 amide bonds. The third-order valence-corrected chi connectivity index (χ3v) is 14.4. The molecule has 4 aliphatic rings. The lowest BCUT2D eigenvalue weighted by Gasteiger charge is -2.37. The number of piperazine rings is 1. The van der Waals surface area contributed by atoms with Crippen molar-refractivity contribution in [2.24, 2.45) is 13.0 Å². The van der Waals surface area contributed by atoms with Crippen LogP contribution >= 0.6 is 0 Å². The number of aryl methyl sites for hydroxylation is 1. The van der Waals surface area contributed by atoms with Crippen molar-refractivity contribution >= 4 is 55.7 Å². The van der Waals surface area contributed by atoms with Gasteiger partial charge in [0.1, 0.15) is 17.4 Å². The Morgan fingerprint density at radius 1 is 0.984 bits per heavy atom. The summed E-state index contributed by atoms with van der Waals surface area (Å²) in [5.74, 6) is 6.05. The number of aromatic nitrogens is 7. The van der Waals surface area contributed by atoms with Crippen LogP contribution < -0.4 is 21.2 Å². The van der Waals surface area contributed by atoms with Crippen molar-refractivity contribution in [3.05, 3.63) is 70.2 Å². The van der Waals surface area contributed by atoms with Crippen molar-refractivity contribution in [3.63, 3.8) is 0 Å². The number of para-hydroxylation sites is 1. The van der Waals surface area contributed by atoms with Gasteiger partial charge in [0.25, 0.3) is 12.3 Å². The van der Waals surface area contributed by atoms with Gasteiger partial charge in [0.2, 0.25) is 11.8 Å². The molecule has 5 aromatic rings. The lowest BCUT2D eigenvalue weighted by Crippen LogP contribution is -2.48. The summed E-state index contributed by atoms with van der Waals surface area (Å²) in [6.07, 6.45) is 5.34. The van der Waals surface area contributed by atoms with Gasteiger partial charge < -0.3 is 15.1 Å². The largest absolute Gasteiger partial charge is 0.354 e. The molecule has 0 spiro atoms. The molecule has 7 heterocycles. The molecule has 3 aliphatic heterocycles. The number of hydrogen-bond donors (Lipinski definition) is 2. The molecule has 2 N–H and O–H groups in total. The van der Waals surface area contributed by atoms with Crippen LogP contribution in [0.3, 0.4) is 0 Å². The minimum Gasteiger partial charge on any atom is -0.354 e. The Morgan fingerprint density at radius 2 is 1.73 bits per heavy atom. The van der Waals surface area contributed by atoms with Crippen molar-refractivity contribution < 1.29 is 31.6 Å². The summed E-state index contributed by atoms with van der Waals surface area (Å²) >= 11 is 0. The summed E-state index contributed by atoms with van der Waals surface area (Å²) in [6, 6.07) is 6.34. The SMILES string of the molecule is Cn1c(=O)n(C2CCC(=O)NC2=O)c2cccc(C#CCN3CCN(C[C@H]4CC[C@H](n5cc(NC(=O)c6cnn7ccc(N8CCS(=O)(=O)CC8)nc67)c(C(F)F)n5)CC4)CC3)c21. The summed E-state index contributed by atoms with van der Waals surface area (Å²) in [4.78, 5) is 62.3. The average molecular weight is 887 g/mol. The number of rotatable bonds is 9. The maximum Gasteiger partial charge on any atom is 0.329 e. The van der Waals surface area contributed by atoms with Crippen LogP contribution in [0.15, 0.2) is 47.7 Å². The van der Waals surface area contributed by atoms with Gasteiger partial charge >= 0.3 is 5.69 Å². The van der Waals surface area contributed by atoms with Crippen molar-refractivity contribution in [1.29, 1.82) is 0 Å². The maximum atomic E-state index is 14.3. The van der Waals surface area contributed by atoms with E-state index in [4.69, 9.17) is 0 Å². The fraction of sp³-hybridized carbons (Fsp3) is 0.500. The highest BCUT2D eigenvalue weighted by Crippen LogP contribution is 2.36. The molecule has 332 valence electrons. The molecule has 3 saturated heterocycles. The van der Waals surface area contributed by atoms with Crippen LogP contribution in [0.4, 0.5) is 20.3 Å². The fourth-order valence-corrected chi connectivity index (χ4v) is 10.5. The van der Waals surface area contributed by atoms with Crippen LogP contribution in [-0.4, -0.2) is 133 Å². The highest BCUT2D eigenvalue weighted by molar-refractivity contribution is 7.91. The van der Waals surface area contributed by atoms with Crippen LogP contribution in [0.2, 0.25) is 0 Å². The first-order valence-electron chi connectivity index (χ1n) is 21.3. The molecule has 0 radical (unpaired) electrons. The van der Waals surface area contributed by atoms with Gasteiger partial charge in [-0.15, -0.1) is 0 Å². The van der Waals surface area contributed by atoms with Gasteiger partial charge in [-0.3, -0.25) is 38.4 Å². The van der Waals surface area contributed by atoms with Crippen LogP contribution in [0.1, 0.15) is 78.6 Å². The number of hydrogen-bond acceptors (Lipinski definition) is 12. The molecule has 1 aliphatic carbocycles. The standard InChI is InChI=1S/C42H48F2N12O6S/c1-50-37-28(4-2-6-32(37)56(42(50)60)33-11-12-35(57)48-41(33)59)5-3-14-51-16-18-52(19-17-51)25-27-7-9-29(10-8-27)55-26-31(36(49-55)38(43)44)46-40(58)30-24-45-54-15-13-34(47-39(30)54)53-20-22-63(61,62)23-21-53/h2,4,6,13,15,24,26-27,29,33,38H,7-12,14,16-23,25H2,1H3,(H,46,58)(H,48,57,59)/t27-,29-,33?. The van der Waals surface area contributed by atoms with E-state index in [2.05, 4.69) is 47.5 Å². The number of nitrogens with zero attached hydrogens (tertiary/aromatic N) is 10. The molecule has 4 fully saturated rings. The van der Waals surface area contributed by atoms with Crippen molar-refractivity contribution in [1.82, 2.24) is 48.6 Å². The summed E-state index contributed by atoms with van der Waals surface area (Å²) < 4.78 is 58.3. The van der Waals surface area contributed by atoms with Crippen molar-refractivity contribution in [2.75, 3.05) is 74.1 Å². The number of benzene rings is 1. The molecule has 1 saturated carbocycles. The number of piperidine rings is 1. The number of imide groups is 1. The minimum atomic E-state index is -3.10. The smallest absolute Gasteiger partial charge is 0.329 e. The highest BCUT2D eigenvalue weighted by atomic mass is 32.2. The second kappa shape index (κ2) is 17.3. The van der Waals surface area contributed by atoms with E-state index in [1.165, 1.54) is 26.0 Å². The van der Waals surface area contributed by atoms with Gasteiger partial charge in [0.15, 0.2) is 21.2 Å². The first-order valence-corrected chi connectivity index (χ1v) is 23.1. The number of carbonyl (C=O) groups is 3. The Labute approximate surface area is 361 Å². The topological polar surface area (TPSA) is 194 Å². The first-order chi connectivity index (χ1) is 30.3. The number of anilines is 2. The monoisotopic (exact) mass is 886 g/mol. The van der Waals surface area contributed by atoms with E-state index in [0.717, 1.165) is 58.4 Å². The number of alkyl halides is 2. The van der Waals surface area contributed by atoms with Gasteiger partial charge in [-0.2, -0.15) is 10.2 Å². The van der Waals surface area contributed by atoms with E-state index in [9.17, 15) is 36.4 Å². The van der Waals surface area contributed by atoms with Crippen LogP contribution in [0.25, 0.3) is 16.7 Å². The van der Waals surface area contributed by atoms with Gasteiger partial charge in [-0.25, -0.2) is 31.5 Å².